The maximum Gasteiger partial charge on any atom is 0.125 e. The molecule has 0 aliphatic rings. The van der Waals surface area contributed by atoms with Crippen LogP contribution in [0, 0.1) is 0 Å². The second-order valence-corrected chi connectivity index (χ2v) is 5.48. The van der Waals surface area contributed by atoms with Crippen LogP contribution in [0.5, 0.6) is 0 Å². The number of aromatic nitrogens is 1. The summed E-state index contributed by atoms with van der Waals surface area (Å²) in [6, 6.07) is 5.79. The van der Waals surface area contributed by atoms with Crippen LogP contribution in [0.4, 0.5) is 0 Å². The van der Waals surface area contributed by atoms with Gasteiger partial charge in [0, 0.05) is 22.0 Å². The fourth-order valence-corrected chi connectivity index (χ4v) is 2.83. The van der Waals surface area contributed by atoms with E-state index in [1.165, 1.54) is 0 Å². The third-order valence-corrected chi connectivity index (χ3v) is 3.82. The number of nitrogens with zero attached hydrogens (tertiary/aromatic N) is 1. The van der Waals surface area contributed by atoms with Crippen molar-refractivity contribution in [1.82, 2.24) is 10.3 Å². The second-order valence-electron chi connectivity index (χ2n) is 3.30. The zero-order chi connectivity index (χ0) is 11.5. The maximum atomic E-state index is 6.15. The Balaban J connectivity index is 2.38. The quantitative estimate of drug-likeness (QED) is 0.927. The lowest BCUT2D eigenvalue weighted by Gasteiger charge is -2.00. The first-order valence-electron chi connectivity index (χ1n) is 4.75. The summed E-state index contributed by atoms with van der Waals surface area (Å²) in [5.74, 6) is 0. The van der Waals surface area contributed by atoms with Crippen molar-refractivity contribution in [2.45, 2.75) is 6.54 Å². The van der Waals surface area contributed by atoms with Crippen molar-refractivity contribution in [3.05, 3.63) is 38.8 Å². The Labute approximate surface area is 112 Å². The molecule has 0 atom stereocenters. The fourth-order valence-electron chi connectivity index (χ4n) is 1.35. The number of benzene rings is 1. The minimum absolute atomic E-state index is 0.730. The van der Waals surface area contributed by atoms with Crippen molar-refractivity contribution in [2.24, 2.45) is 0 Å². The van der Waals surface area contributed by atoms with Crippen LogP contribution in [0.1, 0.15) is 5.69 Å². The molecule has 0 unspecified atom stereocenters. The van der Waals surface area contributed by atoms with Crippen LogP contribution < -0.4 is 5.32 Å². The lowest BCUT2D eigenvalue weighted by atomic mass is 10.2. The van der Waals surface area contributed by atoms with Crippen molar-refractivity contribution in [2.75, 3.05) is 7.05 Å². The molecule has 0 amide bonds. The van der Waals surface area contributed by atoms with E-state index in [9.17, 15) is 0 Å². The van der Waals surface area contributed by atoms with Gasteiger partial charge in [0.05, 0.1) is 10.7 Å². The van der Waals surface area contributed by atoms with Crippen molar-refractivity contribution in [3.8, 4) is 10.6 Å². The molecule has 0 saturated heterocycles. The maximum absolute atomic E-state index is 6.15. The molecule has 0 fully saturated rings. The van der Waals surface area contributed by atoms with Gasteiger partial charge < -0.3 is 5.32 Å². The average Bonchev–Trinajstić information content (AvgIpc) is 2.71. The Hall–Kier alpha value is -0.420. The lowest BCUT2D eigenvalue weighted by Crippen LogP contribution is -2.04. The summed E-state index contributed by atoms with van der Waals surface area (Å²) in [5, 5.41) is 6.81. The zero-order valence-electron chi connectivity index (χ0n) is 8.63. The van der Waals surface area contributed by atoms with Gasteiger partial charge in [0.1, 0.15) is 5.01 Å². The molecule has 1 aromatic carbocycles. The van der Waals surface area contributed by atoms with Crippen molar-refractivity contribution in [3.63, 3.8) is 0 Å². The lowest BCUT2D eigenvalue weighted by molar-refractivity contribution is 0.798. The van der Waals surface area contributed by atoms with Gasteiger partial charge in [0.2, 0.25) is 0 Å². The Kier molecular flexibility index (Phi) is 3.97. The summed E-state index contributed by atoms with van der Waals surface area (Å²) in [4.78, 5) is 4.52. The molecule has 1 aromatic heterocycles. The van der Waals surface area contributed by atoms with Gasteiger partial charge in [-0.3, -0.25) is 0 Å². The van der Waals surface area contributed by atoms with Crippen molar-refractivity contribution < 1.29 is 0 Å². The van der Waals surface area contributed by atoms with Gasteiger partial charge in [-0.2, -0.15) is 0 Å². The van der Waals surface area contributed by atoms with E-state index in [0.29, 0.717) is 0 Å². The van der Waals surface area contributed by atoms with E-state index in [1.807, 2.05) is 30.6 Å². The molecule has 84 valence electrons. The molecule has 1 N–H and O–H groups in total. The Morgan fingerprint density at radius 1 is 1.50 bits per heavy atom. The number of halogens is 2. The predicted molar refractivity (Wildman–Crippen MR) is 73.0 cm³/mol. The highest BCUT2D eigenvalue weighted by atomic mass is 79.9. The van der Waals surface area contributed by atoms with Gasteiger partial charge in [-0.05, 0) is 25.2 Å². The van der Waals surface area contributed by atoms with Crippen LogP contribution in [-0.4, -0.2) is 12.0 Å². The highest BCUT2D eigenvalue weighted by Crippen LogP contribution is 2.32. The molecule has 0 radical (unpaired) electrons. The second kappa shape index (κ2) is 5.27. The first-order valence-corrected chi connectivity index (χ1v) is 6.80. The van der Waals surface area contributed by atoms with Crippen LogP contribution in [0.25, 0.3) is 10.6 Å². The van der Waals surface area contributed by atoms with Crippen LogP contribution in [0.2, 0.25) is 5.02 Å². The van der Waals surface area contributed by atoms with E-state index in [0.717, 1.165) is 32.3 Å². The monoisotopic (exact) mass is 316 g/mol. The number of nitrogens with one attached hydrogen (secondary N) is 1. The minimum Gasteiger partial charge on any atom is -0.314 e. The number of rotatable bonds is 3. The van der Waals surface area contributed by atoms with Crippen molar-refractivity contribution >= 4 is 38.9 Å². The summed E-state index contributed by atoms with van der Waals surface area (Å²) >= 11 is 11.2. The van der Waals surface area contributed by atoms with Crippen LogP contribution in [0.15, 0.2) is 28.1 Å². The van der Waals surface area contributed by atoms with Crippen LogP contribution in [0.3, 0.4) is 0 Å². The van der Waals surface area contributed by atoms with E-state index >= 15 is 0 Å². The van der Waals surface area contributed by atoms with E-state index in [1.54, 1.807) is 11.3 Å². The van der Waals surface area contributed by atoms with Crippen LogP contribution in [-0.2, 0) is 6.54 Å². The number of hydrogen-bond donors (Lipinski definition) is 1. The molecule has 0 spiro atoms. The van der Waals surface area contributed by atoms with E-state index in [2.05, 4.69) is 26.2 Å². The molecular formula is C11H10BrClN2S. The van der Waals surface area contributed by atoms with Crippen molar-refractivity contribution in [1.29, 1.82) is 0 Å². The summed E-state index contributed by atoms with van der Waals surface area (Å²) in [5.41, 5.74) is 2.02. The molecule has 0 aliphatic carbocycles. The van der Waals surface area contributed by atoms with E-state index in [-0.39, 0.29) is 0 Å². The van der Waals surface area contributed by atoms with Gasteiger partial charge in [0.25, 0.3) is 0 Å². The molecule has 0 aliphatic heterocycles. The molecular weight excluding hydrogens is 308 g/mol. The zero-order valence-corrected chi connectivity index (χ0v) is 11.8. The fraction of sp³-hybridized carbons (Fsp3) is 0.182. The number of thiazole rings is 1. The normalized spacial score (nSPS) is 10.7. The predicted octanol–water partition coefficient (Wildman–Crippen LogP) is 3.95. The van der Waals surface area contributed by atoms with Gasteiger partial charge in [0.15, 0.2) is 0 Å². The summed E-state index contributed by atoms with van der Waals surface area (Å²) in [6.07, 6.45) is 0. The smallest absolute Gasteiger partial charge is 0.125 e. The standard InChI is InChI=1S/C11H10BrClN2S/c1-14-5-8-6-16-11(15-8)9-4-7(12)2-3-10(9)13/h2-4,6,14H,5H2,1H3. The molecule has 2 nitrogen and oxygen atoms in total. The van der Waals surface area contributed by atoms with Gasteiger partial charge in [-0.25, -0.2) is 4.98 Å². The minimum atomic E-state index is 0.730. The highest BCUT2D eigenvalue weighted by Gasteiger charge is 2.08. The van der Waals surface area contributed by atoms with Gasteiger partial charge >= 0.3 is 0 Å². The summed E-state index contributed by atoms with van der Waals surface area (Å²) in [6.45, 7) is 0.780. The van der Waals surface area contributed by atoms with E-state index < -0.39 is 0 Å². The van der Waals surface area contributed by atoms with Gasteiger partial charge in [-0.1, -0.05) is 27.5 Å². The topological polar surface area (TPSA) is 24.9 Å². The first kappa shape index (κ1) is 12.0. The third-order valence-electron chi connectivity index (χ3n) is 2.07. The molecule has 0 bridgehead atoms. The summed E-state index contributed by atoms with van der Waals surface area (Å²) in [7, 11) is 1.91. The molecule has 2 aromatic rings. The molecule has 2 rings (SSSR count). The Bertz CT molecular complexity index is 498. The number of hydrogen-bond acceptors (Lipinski definition) is 3. The summed E-state index contributed by atoms with van der Waals surface area (Å²) < 4.78 is 1.01. The molecule has 16 heavy (non-hydrogen) atoms. The molecule has 1 heterocycles. The highest BCUT2D eigenvalue weighted by molar-refractivity contribution is 9.10. The SMILES string of the molecule is CNCc1csc(-c2cc(Br)ccc2Cl)n1. The first-order chi connectivity index (χ1) is 7.70. The molecule has 5 heteroatoms. The largest absolute Gasteiger partial charge is 0.314 e. The third kappa shape index (κ3) is 2.63. The Morgan fingerprint density at radius 2 is 2.31 bits per heavy atom. The average molecular weight is 318 g/mol. The Morgan fingerprint density at radius 3 is 3.06 bits per heavy atom. The van der Waals surface area contributed by atoms with Crippen LogP contribution >= 0.6 is 38.9 Å². The van der Waals surface area contributed by atoms with Gasteiger partial charge in [-0.15, -0.1) is 11.3 Å². The van der Waals surface area contributed by atoms with E-state index in [4.69, 9.17) is 11.6 Å². The molecule has 0 saturated carbocycles.